The van der Waals surface area contributed by atoms with Gasteiger partial charge in [0, 0.05) is 6.42 Å². The van der Waals surface area contributed by atoms with E-state index in [9.17, 15) is 9.50 Å². The first kappa shape index (κ1) is 13.2. The summed E-state index contributed by atoms with van der Waals surface area (Å²) in [6.07, 6.45) is -0.0860. The van der Waals surface area contributed by atoms with Crippen molar-refractivity contribution in [2.24, 2.45) is 0 Å². The Hall–Kier alpha value is -0.230. The lowest BCUT2D eigenvalue weighted by Gasteiger charge is -2.09. The molecule has 1 unspecified atom stereocenters. The number of halogens is 3. The Morgan fingerprint density at radius 2 is 2.06 bits per heavy atom. The first-order chi connectivity index (χ1) is 8.06. The van der Waals surface area contributed by atoms with Crippen LogP contribution in [-0.4, -0.2) is 5.11 Å². The van der Waals surface area contributed by atoms with Crippen LogP contribution in [0.25, 0.3) is 0 Å². The Morgan fingerprint density at radius 3 is 2.65 bits per heavy atom. The van der Waals surface area contributed by atoms with E-state index in [2.05, 4.69) is 31.9 Å². The molecule has 5 heteroatoms. The number of rotatable bonds is 3. The van der Waals surface area contributed by atoms with Crippen LogP contribution in [0.4, 0.5) is 4.39 Å². The van der Waals surface area contributed by atoms with Crippen molar-refractivity contribution in [2.75, 3.05) is 0 Å². The fourth-order valence-corrected chi connectivity index (χ4v) is 3.15. The molecule has 1 aromatic carbocycles. The molecule has 1 nitrogen and oxygen atoms in total. The summed E-state index contributed by atoms with van der Waals surface area (Å²) in [5.41, 5.74) is 1.77. The van der Waals surface area contributed by atoms with Crippen LogP contribution in [0.15, 0.2) is 37.9 Å². The molecule has 0 bridgehead atoms. The second kappa shape index (κ2) is 5.61. The van der Waals surface area contributed by atoms with Crippen molar-refractivity contribution < 1.29 is 9.50 Å². The Labute approximate surface area is 120 Å². The zero-order chi connectivity index (χ0) is 12.4. The molecule has 2 aromatic rings. The van der Waals surface area contributed by atoms with Gasteiger partial charge >= 0.3 is 0 Å². The van der Waals surface area contributed by atoms with Crippen molar-refractivity contribution in [2.45, 2.75) is 12.5 Å². The molecule has 0 aliphatic heterocycles. The fourth-order valence-electron chi connectivity index (χ4n) is 1.51. The maximum Gasteiger partial charge on any atom is 0.137 e. The third-order valence-electron chi connectivity index (χ3n) is 2.39. The van der Waals surface area contributed by atoms with Gasteiger partial charge in [-0.3, -0.25) is 0 Å². The highest BCUT2D eigenvalue weighted by atomic mass is 79.9. The van der Waals surface area contributed by atoms with Crippen molar-refractivity contribution >= 4 is 43.2 Å². The van der Waals surface area contributed by atoms with Gasteiger partial charge in [0.15, 0.2) is 0 Å². The van der Waals surface area contributed by atoms with E-state index in [0.717, 1.165) is 14.9 Å². The van der Waals surface area contributed by atoms with Gasteiger partial charge in [-0.15, -0.1) is 11.3 Å². The standard InChI is InChI=1S/C12H9Br2FOS/c13-9-3-7(1-2-10(9)15)4-11(16)8-5-12(14)17-6-8/h1-3,5-6,11,16H,4H2. The summed E-state index contributed by atoms with van der Waals surface area (Å²) in [7, 11) is 0. The summed E-state index contributed by atoms with van der Waals surface area (Å²) in [5.74, 6) is -0.290. The molecular weight excluding hydrogens is 371 g/mol. The monoisotopic (exact) mass is 378 g/mol. The molecule has 0 saturated carbocycles. The summed E-state index contributed by atoms with van der Waals surface area (Å²) < 4.78 is 14.5. The molecule has 1 N–H and O–H groups in total. The maximum absolute atomic E-state index is 13.0. The second-order valence-electron chi connectivity index (χ2n) is 3.65. The zero-order valence-corrected chi connectivity index (χ0v) is 12.6. The average molecular weight is 380 g/mol. The van der Waals surface area contributed by atoms with Crippen LogP contribution in [0.2, 0.25) is 0 Å². The highest BCUT2D eigenvalue weighted by Gasteiger charge is 2.11. The summed E-state index contributed by atoms with van der Waals surface area (Å²) in [6.45, 7) is 0. The molecule has 1 atom stereocenters. The molecular formula is C12H9Br2FOS. The minimum absolute atomic E-state index is 0.290. The van der Waals surface area contributed by atoms with Crippen molar-refractivity contribution in [1.29, 1.82) is 0 Å². The molecule has 1 heterocycles. The van der Waals surface area contributed by atoms with E-state index in [1.807, 2.05) is 11.4 Å². The number of hydrogen-bond acceptors (Lipinski definition) is 2. The molecule has 0 spiro atoms. The lowest BCUT2D eigenvalue weighted by Crippen LogP contribution is -2.00. The molecule has 2 rings (SSSR count). The quantitative estimate of drug-likeness (QED) is 0.820. The van der Waals surface area contributed by atoms with Crippen LogP contribution < -0.4 is 0 Å². The van der Waals surface area contributed by atoms with E-state index in [1.54, 1.807) is 12.1 Å². The highest BCUT2D eigenvalue weighted by Crippen LogP contribution is 2.28. The van der Waals surface area contributed by atoms with E-state index >= 15 is 0 Å². The zero-order valence-electron chi connectivity index (χ0n) is 8.66. The minimum atomic E-state index is -0.560. The third kappa shape index (κ3) is 3.37. The first-order valence-electron chi connectivity index (χ1n) is 4.92. The SMILES string of the molecule is OC(Cc1ccc(F)c(Br)c1)c1csc(Br)c1. The molecule has 0 radical (unpaired) electrons. The Morgan fingerprint density at radius 1 is 1.29 bits per heavy atom. The van der Waals surface area contributed by atoms with Gasteiger partial charge in [-0.1, -0.05) is 6.07 Å². The molecule has 90 valence electrons. The summed E-state index contributed by atoms with van der Waals surface area (Å²) in [4.78, 5) is 0. The Bertz CT molecular complexity index is 527. The molecule has 0 aliphatic carbocycles. The van der Waals surface area contributed by atoms with Crippen molar-refractivity contribution in [3.63, 3.8) is 0 Å². The molecule has 17 heavy (non-hydrogen) atoms. The van der Waals surface area contributed by atoms with Crippen LogP contribution in [0.5, 0.6) is 0 Å². The smallest absolute Gasteiger partial charge is 0.137 e. The number of thiophene rings is 1. The van der Waals surface area contributed by atoms with E-state index in [0.29, 0.717) is 10.9 Å². The normalized spacial score (nSPS) is 12.7. The van der Waals surface area contributed by atoms with Crippen LogP contribution in [0.3, 0.4) is 0 Å². The molecule has 0 fully saturated rings. The molecule has 1 aromatic heterocycles. The Balaban J connectivity index is 2.12. The second-order valence-corrected chi connectivity index (χ2v) is 6.80. The molecule has 0 amide bonds. The van der Waals surface area contributed by atoms with Crippen LogP contribution in [0, 0.1) is 5.82 Å². The molecule has 0 saturated heterocycles. The number of aliphatic hydroxyl groups excluding tert-OH is 1. The minimum Gasteiger partial charge on any atom is -0.388 e. The summed E-state index contributed by atoms with van der Waals surface area (Å²) >= 11 is 8.03. The van der Waals surface area contributed by atoms with Crippen LogP contribution in [-0.2, 0) is 6.42 Å². The van der Waals surface area contributed by atoms with Gasteiger partial charge in [0.2, 0.25) is 0 Å². The largest absolute Gasteiger partial charge is 0.388 e. The van der Waals surface area contributed by atoms with Gasteiger partial charge in [-0.05, 0) is 66.6 Å². The van der Waals surface area contributed by atoms with Crippen LogP contribution in [0.1, 0.15) is 17.2 Å². The van der Waals surface area contributed by atoms with Crippen molar-refractivity contribution in [3.8, 4) is 0 Å². The summed E-state index contributed by atoms with van der Waals surface area (Å²) in [5, 5.41) is 11.9. The lowest BCUT2D eigenvalue weighted by molar-refractivity contribution is 0.179. The van der Waals surface area contributed by atoms with Gasteiger partial charge in [0.1, 0.15) is 5.82 Å². The van der Waals surface area contributed by atoms with Gasteiger partial charge in [0.05, 0.1) is 14.4 Å². The van der Waals surface area contributed by atoms with Gasteiger partial charge in [-0.2, -0.15) is 0 Å². The molecule has 0 aliphatic rings. The topological polar surface area (TPSA) is 20.2 Å². The van der Waals surface area contributed by atoms with E-state index in [-0.39, 0.29) is 5.82 Å². The first-order valence-corrected chi connectivity index (χ1v) is 7.39. The predicted molar refractivity (Wildman–Crippen MR) is 74.8 cm³/mol. The lowest BCUT2D eigenvalue weighted by atomic mass is 10.0. The van der Waals surface area contributed by atoms with Crippen molar-refractivity contribution in [3.05, 3.63) is 54.8 Å². The van der Waals surface area contributed by atoms with Crippen LogP contribution >= 0.6 is 43.2 Å². The van der Waals surface area contributed by atoms with E-state index < -0.39 is 6.10 Å². The van der Waals surface area contributed by atoms with E-state index in [4.69, 9.17) is 0 Å². The number of benzene rings is 1. The van der Waals surface area contributed by atoms with Gasteiger partial charge in [0.25, 0.3) is 0 Å². The van der Waals surface area contributed by atoms with Gasteiger partial charge in [-0.25, -0.2) is 4.39 Å². The third-order valence-corrected chi connectivity index (χ3v) is 4.52. The maximum atomic E-state index is 13.0. The Kier molecular flexibility index (Phi) is 4.36. The fraction of sp³-hybridized carbons (Fsp3) is 0.167. The van der Waals surface area contributed by atoms with E-state index in [1.165, 1.54) is 17.4 Å². The van der Waals surface area contributed by atoms with Gasteiger partial charge < -0.3 is 5.11 Å². The number of hydrogen-bond donors (Lipinski definition) is 1. The predicted octanol–water partition coefficient (Wildman–Crippen LogP) is 4.69. The average Bonchev–Trinajstić information content (AvgIpc) is 2.70. The highest BCUT2D eigenvalue weighted by molar-refractivity contribution is 9.11. The summed E-state index contributed by atoms with van der Waals surface area (Å²) in [6, 6.07) is 6.67. The van der Waals surface area contributed by atoms with Crippen molar-refractivity contribution in [1.82, 2.24) is 0 Å². The number of aliphatic hydroxyl groups is 1.